The predicted molar refractivity (Wildman–Crippen MR) is 220 cm³/mol. The van der Waals surface area contributed by atoms with Gasteiger partial charge < -0.3 is 4.57 Å². The molecular weight excluding hydrogens is 675 g/mol. The van der Waals surface area contributed by atoms with E-state index in [1.807, 2.05) is 85.1 Å². The first-order chi connectivity index (χ1) is 27.2. The second kappa shape index (κ2) is 13.7. The average molecular weight is 706 g/mol. The number of para-hydroxylation sites is 2. The van der Waals surface area contributed by atoms with Crippen LogP contribution in [0.5, 0.6) is 0 Å². The van der Waals surface area contributed by atoms with Gasteiger partial charge in [0.25, 0.3) is 0 Å². The zero-order valence-electron chi connectivity index (χ0n) is 29.5. The quantitative estimate of drug-likeness (QED) is 0.164. The zero-order chi connectivity index (χ0) is 36.6. The Balaban J connectivity index is 1.07. The molecule has 10 rings (SSSR count). The maximum atomic E-state index is 5.06. The summed E-state index contributed by atoms with van der Waals surface area (Å²) in [5.74, 6) is 1.70. The van der Waals surface area contributed by atoms with E-state index in [-0.39, 0.29) is 0 Å². The summed E-state index contributed by atoms with van der Waals surface area (Å²) < 4.78 is 2.30. The Morgan fingerprint density at radius 2 is 0.891 bits per heavy atom. The summed E-state index contributed by atoms with van der Waals surface area (Å²) in [6.45, 7) is 0. The summed E-state index contributed by atoms with van der Waals surface area (Å²) in [5.41, 5.74) is 11.1. The van der Waals surface area contributed by atoms with E-state index in [0.717, 1.165) is 67.3 Å². The molecule has 258 valence electrons. The lowest BCUT2D eigenvalue weighted by Crippen LogP contribution is -2.01. The Morgan fingerprint density at radius 1 is 0.327 bits per heavy atom. The Morgan fingerprint density at radius 3 is 1.53 bits per heavy atom. The van der Waals surface area contributed by atoms with Crippen molar-refractivity contribution in [2.24, 2.45) is 0 Å². The van der Waals surface area contributed by atoms with E-state index in [9.17, 15) is 0 Å². The van der Waals surface area contributed by atoms with E-state index in [2.05, 4.69) is 107 Å². The molecule has 5 aromatic carbocycles. The second-order valence-corrected chi connectivity index (χ2v) is 13.2. The van der Waals surface area contributed by atoms with Crippen molar-refractivity contribution in [3.8, 4) is 73.8 Å². The van der Waals surface area contributed by atoms with Gasteiger partial charge in [0, 0.05) is 45.5 Å². The van der Waals surface area contributed by atoms with Crippen molar-refractivity contribution in [3.63, 3.8) is 0 Å². The van der Waals surface area contributed by atoms with Crippen molar-refractivity contribution in [2.45, 2.75) is 0 Å². The number of rotatable bonds is 7. The highest BCUT2D eigenvalue weighted by Crippen LogP contribution is 2.34. The Hall–Kier alpha value is -7.64. The minimum atomic E-state index is 0.533. The molecule has 0 aliphatic heterocycles. The summed E-state index contributed by atoms with van der Waals surface area (Å²) in [6, 6.07) is 59.7. The van der Waals surface area contributed by atoms with Crippen molar-refractivity contribution in [3.05, 3.63) is 188 Å². The molecule has 0 atom stereocenters. The summed E-state index contributed by atoms with van der Waals surface area (Å²) in [6.07, 6.45) is 3.60. The van der Waals surface area contributed by atoms with Crippen LogP contribution in [0.4, 0.5) is 0 Å². The zero-order valence-corrected chi connectivity index (χ0v) is 29.5. The van der Waals surface area contributed by atoms with Gasteiger partial charge in [-0.2, -0.15) is 0 Å². The van der Waals surface area contributed by atoms with Crippen LogP contribution in [0.2, 0.25) is 0 Å². The number of pyridine rings is 3. The van der Waals surface area contributed by atoms with E-state index in [1.54, 1.807) is 6.20 Å². The van der Waals surface area contributed by atoms with Crippen LogP contribution in [0, 0.1) is 0 Å². The first-order valence-corrected chi connectivity index (χ1v) is 18.1. The third-order valence-electron chi connectivity index (χ3n) is 9.75. The smallest absolute Gasteiger partial charge is 0.165 e. The Bertz CT molecular complexity index is 2850. The lowest BCUT2D eigenvalue weighted by Gasteiger charge is -2.12. The number of benzene rings is 5. The van der Waals surface area contributed by atoms with Gasteiger partial charge in [-0.3, -0.25) is 9.97 Å². The van der Waals surface area contributed by atoms with Crippen LogP contribution in [0.1, 0.15) is 0 Å². The highest BCUT2D eigenvalue weighted by molar-refractivity contribution is 6.09. The average Bonchev–Trinajstić information content (AvgIpc) is 3.61. The molecule has 0 bridgehead atoms. The molecule has 0 spiro atoms. The van der Waals surface area contributed by atoms with E-state index in [4.69, 9.17) is 24.9 Å². The van der Waals surface area contributed by atoms with Gasteiger partial charge in [0.1, 0.15) is 0 Å². The highest BCUT2D eigenvalue weighted by atomic mass is 15.0. The minimum Gasteiger partial charge on any atom is -0.309 e. The van der Waals surface area contributed by atoms with E-state index >= 15 is 0 Å². The van der Waals surface area contributed by atoms with Crippen LogP contribution in [0.3, 0.4) is 0 Å². The van der Waals surface area contributed by atoms with Crippen molar-refractivity contribution in [1.29, 1.82) is 0 Å². The molecule has 10 aromatic rings. The van der Waals surface area contributed by atoms with Gasteiger partial charge in [-0.05, 0) is 71.8 Å². The number of aromatic nitrogens is 7. The van der Waals surface area contributed by atoms with Crippen molar-refractivity contribution < 1.29 is 0 Å². The topological polar surface area (TPSA) is 82.3 Å². The normalized spacial score (nSPS) is 11.3. The van der Waals surface area contributed by atoms with E-state index in [0.29, 0.717) is 17.5 Å². The van der Waals surface area contributed by atoms with Crippen LogP contribution < -0.4 is 0 Å². The summed E-state index contributed by atoms with van der Waals surface area (Å²) in [7, 11) is 0. The molecule has 0 amide bonds. The van der Waals surface area contributed by atoms with Gasteiger partial charge in [-0.25, -0.2) is 19.9 Å². The van der Waals surface area contributed by atoms with Crippen molar-refractivity contribution >= 4 is 21.8 Å². The van der Waals surface area contributed by atoms with Crippen LogP contribution in [-0.2, 0) is 0 Å². The third-order valence-corrected chi connectivity index (χ3v) is 9.75. The van der Waals surface area contributed by atoms with Gasteiger partial charge in [0.15, 0.2) is 17.5 Å². The highest BCUT2D eigenvalue weighted by Gasteiger charge is 2.17. The van der Waals surface area contributed by atoms with Gasteiger partial charge in [-0.15, -0.1) is 0 Å². The standard InChI is InChI=1S/C48H31N7/c1-3-14-32(15-4-1)36-29-42(40-22-11-12-27-49-40)51-43(30-36)41-26-25-35(31-50-41)48-53-46(33-16-5-2-6-17-33)52-47(54-48)34-18-13-19-37(28-34)55-44-23-9-7-20-38(44)39-21-8-10-24-45(39)55/h1-31H. The molecule has 0 saturated carbocycles. The van der Waals surface area contributed by atoms with E-state index in [1.165, 1.54) is 10.8 Å². The van der Waals surface area contributed by atoms with Gasteiger partial charge in [0.2, 0.25) is 0 Å². The molecule has 0 fully saturated rings. The molecule has 0 radical (unpaired) electrons. The molecule has 0 unspecified atom stereocenters. The predicted octanol–water partition coefficient (Wildman–Crippen LogP) is 11.2. The van der Waals surface area contributed by atoms with Gasteiger partial charge in [-0.1, -0.05) is 115 Å². The fourth-order valence-electron chi connectivity index (χ4n) is 7.12. The molecule has 0 aliphatic rings. The fraction of sp³-hybridized carbons (Fsp3) is 0. The molecule has 0 N–H and O–H groups in total. The van der Waals surface area contributed by atoms with Crippen molar-refractivity contribution in [1.82, 2.24) is 34.5 Å². The Kier molecular flexibility index (Phi) is 8.00. The molecule has 7 heteroatoms. The molecule has 5 heterocycles. The molecule has 55 heavy (non-hydrogen) atoms. The Labute approximate surface area is 317 Å². The van der Waals surface area contributed by atoms with Crippen LogP contribution >= 0.6 is 0 Å². The number of nitrogens with zero attached hydrogens (tertiary/aromatic N) is 7. The second-order valence-electron chi connectivity index (χ2n) is 13.2. The first-order valence-electron chi connectivity index (χ1n) is 18.1. The van der Waals surface area contributed by atoms with Gasteiger partial charge >= 0.3 is 0 Å². The lowest BCUT2D eigenvalue weighted by molar-refractivity contribution is 1.07. The maximum absolute atomic E-state index is 5.06. The molecule has 7 nitrogen and oxygen atoms in total. The minimum absolute atomic E-state index is 0.533. The molecular formula is C48H31N7. The fourth-order valence-corrected chi connectivity index (χ4v) is 7.12. The third kappa shape index (κ3) is 6.09. The monoisotopic (exact) mass is 705 g/mol. The van der Waals surface area contributed by atoms with Crippen LogP contribution in [0.25, 0.3) is 95.6 Å². The van der Waals surface area contributed by atoms with Crippen LogP contribution in [0.15, 0.2) is 188 Å². The van der Waals surface area contributed by atoms with Crippen molar-refractivity contribution in [2.75, 3.05) is 0 Å². The number of hydrogen-bond acceptors (Lipinski definition) is 6. The summed E-state index contributed by atoms with van der Waals surface area (Å²) in [4.78, 5) is 29.6. The van der Waals surface area contributed by atoms with Crippen LogP contribution in [-0.4, -0.2) is 34.5 Å². The molecule has 0 aliphatic carbocycles. The first kappa shape index (κ1) is 32.0. The number of fused-ring (bicyclic) bond motifs is 3. The summed E-state index contributed by atoms with van der Waals surface area (Å²) in [5, 5.41) is 2.42. The van der Waals surface area contributed by atoms with Gasteiger partial charge in [0.05, 0.1) is 33.8 Å². The summed E-state index contributed by atoms with van der Waals surface area (Å²) >= 11 is 0. The number of hydrogen-bond donors (Lipinski definition) is 0. The maximum Gasteiger partial charge on any atom is 0.165 e. The SMILES string of the molecule is c1ccc(-c2cc(-c3ccccn3)nc(-c3ccc(-c4nc(-c5ccccc5)nc(-c5cccc(-n6c7ccccc7c7ccccc76)c5)n4)cn3)c2)cc1. The molecule has 5 aromatic heterocycles. The lowest BCUT2D eigenvalue weighted by atomic mass is 10.0. The largest absolute Gasteiger partial charge is 0.309 e. The molecule has 0 saturated heterocycles. The van der Waals surface area contributed by atoms with E-state index < -0.39 is 0 Å².